The summed E-state index contributed by atoms with van der Waals surface area (Å²) >= 11 is 7.63. The lowest BCUT2D eigenvalue weighted by Crippen LogP contribution is -2.13. The van der Waals surface area contributed by atoms with Gasteiger partial charge in [-0.1, -0.05) is 13.8 Å². The molecule has 0 bridgehead atoms. The van der Waals surface area contributed by atoms with Crippen molar-refractivity contribution in [3.05, 3.63) is 27.9 Å². The van der Waals surface area contributed by atoms with Gasteiger partial charge in [-0.05, 0) is 52.5 Å². The van der Waals surface area contributed by atoms with Gasteiger partial charge in [0.15, 0.2) is 5.82 Å². The lowest BCUT2D eigenvalue weighted by molar-refractivity contribution is 0.437. The second kappa shape index (κ2) is 4.52. The Bertz CT molecular complexity index is 803. The molecule has 2 aliphatic rings. The number of nitrogens with one attached hydrogen (secondary N) is 1. The lowest BCUT2D eigenvalue weighted by Gasteiger charge is -2.19. The summed E-state index contributed by atoms with van der Waals surface area (Å²) in [7, 11) is 0. The molecule has 108 valence electrons. The van der Waals surface area contributed by atoms with Gasteiger partial charge in [-0.3, -0.25) is 4.99 Å². The van der Waals surface area contributed by atoms with Crippen LogP contribution in [0, 0.1) is 5.41 Å². The molecule has 0 atom stereocenters. The predicted molar refractivity (Wildman–Crippen MR) is 88.4 cm³/mol. The summed E-state index contributed by atoms with van der Waals surface area (Å²) in [6, 6.07) is 1.96. The van der Waals surface area contributed by atoms with Gasteiger partial charge < -0.3 is 5.32 Å². The van der Waals surface area contributed by atoms with Crippen molar-refractivity contribution in [3.63, 3.8) is 0 Å². The summed E-state index contributed by atoms with van der Waals surface area (Å²) in [4.78, 5) is 13.2. The maximum Gasteiger partial charge on any atom is 0.224 e. The molecule has 1 N–H and O–H groups in total. The maximum atomic E-state index is 6.01. The molecule has 0 aromatic carbocycles. The third-order valence-electron chi connectivity index (χ3n) is 4.38. The van der Waals surface area contributed by atoms with E-state index in [4.69, 9.17) is 11.6 Å². The number of thiophene rings is 1. The number of aliphatic imine (C=N–C) groups is 1. The van der Waals surface area contributed by atoms with Crippen molar-refractivity contribution in [1.29, 1.82) is 0 Å². The van der Waals surface area contributed by atoms with Gasteiger partial charge in [-0.2, -0.15) is 4.98 Å². The summed E-state index contributed by atoms with van der Waals surface area (Å²) in [5, 5.41) is 5.65. The summed E-state index contributed by atoms with van der Waals surface area (Å²) in [6.45, 7) is 5.40. The molecule has 6 heteroatoms. The number of hydrogen-bond donors (Lipinski definition) is 1. The number of fused-ring (bicyclic) bond motifs is 1. The summed E-state index contributed by atoms with van der Waals surface area (Å²) in [5.74, 6) is 1.72. The Kier molecular flexibility index (Phi) is 2.84. The first-order valence-corrected chi connectivity index (χ1v) is 8.25. The zero-order valence-electron chi connectivity index (χ0n) is 11.9. The van der Waals surface area contributed by atoms with Gasteiger partial charge in [-0.25, -0.2) is 4.98 Å². The molecule has 0 unspecified atom stereocenters. The molecule has 0 saturated carbocycles. The number of nitrogens with zero attached hydrogens (tertiary/aromatic N) is 3. The van der Waals surface area contributed by atoms with Crippen molar-refractivity contribution in [3.8, 4) is 0 Å². The van der Waals surface area contributed by atoms with Gasteiger partial charge in [0.2, 0.25) is 5.28 Å². The molecule has 21 heavy (non-hydrogen) atoms. The second-order valence-electron chi connectivity index (χ2n) is 6.11. The highest BCUT2D eigenvalue weighted by Gasteiger charge is 2.37. The molecular formula is C15H15ClN4S. The van der Waals surface area contributed by atoms with E-state index in [9.17, 15) is 0 Å². The molecule has 4 nitrogen and oxygen atoms in total. The van der Waals surface area contributed by atoms with Crippen LogP contribution in [0.4, 0.5) is 5.82 Å². The SMILES string of the molecule is CC1(C)CCC2=C1CN=C2Nc1nc(Cl)nc2ccsc12. The van der Waals surface area contributed by atoms with Crippen LogP contribution < -0.4 is 5.32 Å². The van der Waals surface area contributed by atoms with Gasteiger partial charge in [-0.15, -0.1) is 11.3 Å². The lowest BCUT2D eigenvalue weighted by atomic mass is 9.86. The first kappa shape index (κ1) is 13.2. The van der Waals surface area contributed by atoms with E-state index >= 15 is 0 Å². The van der Waals surface area contributed by atoms with E-state index in [2.05, 4.69) is 34.1 Å². The predicted octanol–water partition coefficient (Wildman–Crippen LogP) is 4.29. The average Bonchev–Trinajstić information content (AvgIpc) is 3.08. The van der Waals surface area contributed by atoms with E-state index < -0.39 is 0 Å². The van der Waals surface area contributed by atoms with Gasteiger partial charge in [0.25, 0.3) is 0 Å². The first-order chi connectivity index (χ1) is 10.0. The average molecular weight is 319 g/mol. The molecule has 4 rings (SSSR count). The van der Waals surface area contributed by atoms with Crippen molar-refractivity contribution < 1.29 is 0 Å². The van der Waals surface area contributed by atoms with Crippen LogP contribution >= 0.6 is 22.9 Å². The van der Waals surface area contributed by atoms with E-state index in [1.165, 1.54) is 17.6 Å². The molecule has 0 radical (unpaired) electrons. The van der Waals surface area contributed by atoms with E-state index in [1.807, 2.05) is 11.4 Å². The van der Waals surface area contributed by atoms with E-state index in [-0.39, 0.29) is 10.7 Å². The van der Waals surface area contributed by atoms with Crippen LogP contribution in [0.2, 0.25) is 5.28 Å². The van der Waals surface area contributed by atoms with Crippen molar-refractivity contribution in [1.82, 2.24) is 9.97 Å². The minimum Gasteiger partial charge on any atom is -0.324 e. The Balaban J connectivity index is 1.72. The van der Waals surface area contributed by atoms with Crippen LogP contribution in [0.5, 0.6) is 0 Å². The van der Waals surface area contributed by atoms with Crippen LogP contribution in [-0.2, 0) is 0 Å². The fraction of sp³-hybridized carbons (Fsp3) is 0.400. The van der Waals surface area contributed by atoms with E-state index in [0.29, 0.717) is 0 Å². The summed E-state index contributed by atoms with van der Waals surface area (Å²) < 4.78 is 1.02. The van der Waals surface area contributed by atoms with Crippen molar-refractivity contribution in [2.75, 3.05) is 11.9 Å². The molecule has 1 aliphatic carbocycles. The molecule has 3 heterocycles. The number of anilines is 1. The second-order valence-corrected chi connectivity index (χ2v) is 7.36. The molecular weight excluding hydrogens is 304 g/mol. The highest BCUT2D eigenvalue weighted by Crippen LogP contribution is 2.45. The van der Waals surface area contributed by atoms with Crippen molar-refractivity contribution >= 4 is 44.8 Å². The number of rotatable bonds is 1. The van der Waals surface area contributed by atoms with Crippen LogP contribution in [0.1, 0.15) is 26.7 Å². The highest BCUT2D eigenvalue weighted by molar-refractivity contribution is 7.17. The number of halogens is 1. The Morgan fingerprint density at radius 2 is 2.19 bits per heavy atom. The number of amidine groups is 1. The maximum absolute atomic E-state index is 6.01. The quantitative estimate of drug-likeness (QED) is 0.798. The number of aromatic nitrogens is 2. The molecule has 1 aliphatic heterocycles. The largest absolute Gasteiger partial charge is 0.324 e. The van der Waals surface area contributed by atoms with Crippen LogP contribution in [0.25, 0.3) is 10.2 Å². The van der Waals surface area contributed by atoms with Crippen LogP contribution in [-0.4, -0.2) is 22.3 Å². The van der Waals surface area contributed by atoms with Crippen molar-refractivity contribution in [2.45, 2.75) is 26.7 Å². The minimum atomic E-state index is 0.267. The fourth-order valence-corrected chi connectivity index (χ4v) is 4.07. The smallest absolute Gasteiger partial charge is 0.224 e. The molecule has 0 fully saturated rings. The zero-order valence-corrected chi connectivity index (χ0v) is 13.5. The topological polar surface area (TPSA) is 50.2 Å². The highest BCUT2D eigenvalue weighted by atomic mass is 35.5. The Hall–Kier alpha value is -1.46. The van der Waals surface area contributed by atoms with E-state index in [0.717, 1.165) is 34.8 Å². The Morgan fingerprint density at radius 3 is 3.05 bits per heavy atom. The molecule has 0 spiro atoms. The summed E-state index contributed by atoms with van der Waals surface area (Å²) in [5.41, 5.74) is 3.97. The standard InChI is InChI=1S/C15H15ClN4S/c1-15(2)5-3-8-9(15)7-17-12(8)19-13-11-10(4-6-21-11)18-14(16)20-13/h4,6H,3,5,7H2,1-2H3,(H,17,18,19,20). The molecule has 2 aromatic rings. The monoisotopic (exact) mass is 318 g/mol. The van der Waals surface area contributed by atoms with Gasteiger partial charge >= 0.3 is 0 Å². The number of hydrogen-bond acceptors (Lipinski definition) is 5. The van der Waals surface area contributed by atoms with Crippen LogP contribution in [0.3, 0.4) is 0 Å². The van der Waals surface area contributed by atoms with Gasteiger partial charge in [0, 0.05) is 0 Å². The first-order valence-electron chi connectivity index (χ1n) is 7.00. The Morgan fingerprint density at radius 1 is 1.33 bits per heavy atom. The normalized spacial score (nSPS) is 20.0. The fourth-order valence-electron chi connectivity index (χ4n) is 3.12. The third-order valence-corrected chi connectivity index (χ3v) is 5.45. The minimum absolute atomic E-state index is 0.267. The van der Waals surface area contributed by atoms with Crippen LogP contribution in [0.15, 0.2) is 27.6 Å². The molecule has 0 saturated heterocycles. The van der Waals surface area contributed by atoms with Gasteiger partial charge in [0.05, 0.1) is 16.8 Å². The van der Waals surface area contributed by atoms with Gasteiger partial charge in [0.1, 0.15) is 5.84 Å². The third kappa shape index (κ3) is 2.07. The summed E-state index contributed by atoms with van der Waals surface area (Å²) in [6.07, 6.45) is 2.28. The van der Waals surface area contributed by atoms with Crippen molar-refractivity contribution in [2.24, 2.45) is 10.4 Å². The molecule has 0 amide bonds. The Labute approximate surface area is 132 Å². The zero-order chi connectivity index (χ0) is 14.6. The molecule has 2 aromatic heterocycles. The van der Waals surface area contributed by atoms with E-state index in [1.54, 1.807) is 11.3 Å².